The molecular weight excluding hydrogens is 266 g/mol. The molecule has 0 radical (unpaired) electrons. The van der Waals surface area contributed by atoms with E-state index in [1.807, 2.05) is 37.4 Å². The molecule has 112 valence electrons. The third kappa shape index (κ3) is 4.20. The van der Waals surface area contributed by atoms with Crippen molar-refractivity contribution in [2.45, 2.75) is 31.8 Å². The molecule has 0 aliphatic carbocycles. The number of likely N-dealkylation sites (tertiary alicyclic amines) is 1. The molecule has 1 N–H and O–H groups in total. The number of benzene rings is 1. The molecule has 1 fully saturated rings. The minimum Gasteiger partial charge on any atom is -0.479 e. The highest BCUT2D eigenvalue weighted by atomic mass is 16.5. The van der Waals surface area contributed by atoms with Crippen LogP contribution in [0, 0.1) is 11.3 Å². The second kappa shape index (κ2) is 7.09. The first kappa shape index (κ1) is 15.3. The fourth-order valence-electron chi connectivity index (χ4n) is 2.57. The quantitative estimate of drug-likeness (QED) is 0.897. The van der Waals surface area contributed by atoms with Gasteiger partial charge in [-0.25, -0.2) is 0 Å². The highest BCUT2D eigenvalue weighted by Crippen LogP contribution is 2.20. The molecule has 5 heteroatoms. The maximum atomic E-state index is 11.5. The van der Waals surface area contributed by atoms with Crippen molar-refractivity contribution in [2.24, 2.45) is 0 Å². The van der Waals surface area contributed by atoms with E-state index in [2.05, 4.69) is 12.2 Å². The lowest BCUT2D eigenvalue weighted by Crippen LogP contribution is -2.47. The van der Waals surface area contributed by atoms with Gasteiger partial charge in [-0.15, -0.1) is 0 Å². The lowest BCUT2D eigenvalue weighted by molar-refractivity contribution is -0.132. The maximum absolute atomic E-state index is 11.5. The summed E-state index contributed by atoms with van der Waals surface area (Å²) >= 11 is 0. The van der Waals surface area contributed by atoms with Gasteiger partial charge < -0.3 is 15.0 Å². The average Bonchev–Trinajstić information content (AvgIpc) is 2.49. The van der Waals surface area contributed by atoms with Crippen LogP contribution in [0.1, 0.15) is 31.4 Å². The first-order valence-corrected chi connectivity index (χ1v) is 7.20. The smallest absolute Gasteiger partial charge is 0.222 e. The zero-order valence-electron chi connectivity index (χ0n) is 12.5. The molecule has 1 aromatic rings. The number of nitriles is 1. The van der Waals surface area contributed by atoms with Crippen molar-refractivity contribution in [2.75, 3.05) is 20.2 Å². The SMILES string of the molecule is CC(NC1CCC(=O)N(C)C1)c1ccc(OCC#N)cc1. The number of hydrogen-bond donors (Lipinski definition) is 1. The first-order chi connectivity index (χ1) is 10.1. The van der Waals surface area contributed by atoms with Crippen molar-refractivity contribution in [1.82, 2.24) is 10.2 Å². The van der Waals surface area contributed by atoms with Crippen LogP contribution in [-0.2, 0) is 4.79 Å². The number of piperidine rings is 1. The van der Waals surface area contributed by atoms with Crippen LogP contribution in [0.5, 0.6) is 5.75 Å². The van der Waals surface area contributed by atoms with E-state index in [-0.39, 0.29) is 18.6 Å². The number of nitrogens with zero attached hydrogens (tertiary/aromatic N) is 2. The lowest BCUT2D eigenvalue weighted by atomic mass is 10.0. The van der Waals surface area contributed by atoms with Crippen molar-refractivity contribution in [3.05, 3.63) is 29.8 Å². The average molecular weight is 287 g/mol. The van der Waals surface area contributed by atoms with Crippen molar-refractivity contribution >= 4 is 5.91 Å². The molecule has 1 aliphatic rings. The molecular formula is C16H21N3O2. The zero-order chi connectivity index (χ0) is 15.2. The van der Waals surface area contributed by atoms with Gasteiger partial charge in [-0.05, 0) is 31.0 Å². The summed E-state index contributed by atoms with van der Waals surface area (Å²) in [6.45, 7) is 2.93. The van der Waals surface area contributed by atoms with E-state index in [1.165, 1.54) is 5.56 Å². The Bertz CT molecular complexity index is 521. The van der Waals surface area contributed by atoms with Gasteiger partial charge in [0.15, 0.2) is 6.61 Å². The predicted octanol–water partition coefficient (Wildman–Crippen LogP) is 1.86. The Balaban J connectivity index is 1.89. The van der Waals surface area contributed by atoms with E-state index in [4.69, 9.17) is 10.00 Å². The lowest BCUT2D eigenvalue weighted by Gasteiger charge is -2.32. The van der Waals surface area contributed by atoms with Crippen molar-refractivity contribution in [3.63, 3.8) is 0 Å². The summed E-state index contributed by atoms with van der Waals surface area (Å²) in [5.41, 5.74) is 1.17. The monoisotopic (exact) mass is 287 g/mol. The third-order valence-electron chi connectivity index (χ3n) is 3.80. The van der Waals surface area contributed by atoms with Crippen molar-refractivity contribution < 1.29 is 9.53 Å². The molecule has 21 heavy (non-hydrogen) atoms. The van der Waals surface area contributed by atoms with Gasteiger partial charge in [-0.3, -0.25) is 4.79 Å². The van der Waals surface area contributed by atoms with E-state index in [0.717, 1.165) is 13.0 Å². The summed E-state index contributed by atoms with van der Waals surface area (Å²) in [4.78, 5) is 13.3. The number of hydrogen-bond acceptors (Lipinski definition) is 4. The normalized spacial score (nSPS) is 20.0. The van der Waals surface area contributed by atoms with Crippen LogP contribution >= 0.6 is 0 Å². The Morgan fingerprint density at radius 1 is 1.48 bits per heavy atom. The predicted molar refractivity (Wildman–Crippen MR) is 79.8 cm³/mol. The largest absolute Gasteiger partial charge is 0.479 e. The molecule has 2 unspecified atom stereocenters. The van der Waals surface area contributed by atoms with Crippen molar-refractivity contribution in [3.8, 4) is 11.8 Å². The van der Waals surface area contributed by atoms with Gasteiger partial charge >= 0.3 is 0 Å². The molecule has 0 saturated carbocycles. The summed E-state index contributed by atoms with van der Waals surface area (Å²) in [6, 6.07) is 10.2. The topological polar surface area (TPSA) is 65.4 Å². The molecule has 2 rings (SSSR count). The summed E-state index contributed by atoms with van der Waals surface area (Å²) in [5.74, 6) is 0.926. The van der Waals surface area contributed by atoms with Gasteiger partial charge in [0.2, 0.25) is 5.91 Å². The molecule has 1 aliphatic heterocycles. The highest BCUT2D eigenvalue weighted by molar-refractivity contribution is 5.76. The maximum Gasteiger partial charge on any atom is 0.222 e. The van der Waals surface area contributed by atoms with Gasteiger partial charge in [-0.2, -0.15) is 5.26 Å². The highest BCUT2D eigenvalue weighted by Gasteiger charge is 2.23. The number of nitrogens with one attached hydrogen (secondary N) is 1. The number of amides is 1. The zero-order valence-corrected chi connectivity index (χ0v) is 12.5. The van der Waals surface area contributed by atoms with Crippen LogP contribution in [0.2, 0.25) is 0 Å². The van der Waals surface area contributed by atoms with E-state index in [0.29, 0.717) is 18.2 Å². The number of carbonyl (C=O) groups excluding carboxylic acids is 1. The molecule has 0 bridgehead atoms. The molecule has 1 amide bonds. The standard InChI is InChI=1S/C16H21N3O2/c1-12(18-14-5-8-16(20)19(2)11-14)13-3-6-15(7-4-13)21-10-9-17/h3-4,6-7,12,14,18H,5,8,10-11H2,1-2H3. The van der Waals surface area contributed by atoms with Crippen LogP contribution in [-0.4, -0.2) is 37.0 Å². The van der Waals surface area contributed by atoms with Gasteiger partial charge in [-0.1, -0.05) is 12.1 Å². The Morgan fingerprint density at radius 2 is 2.19 bits per heavy atom. The molecule has 2 atom stereocenters. The van der Waals surface area contributed by atoms with E-state index in [1.54, 1.807) is 4.90 Å². The van der Waals surface area contributed by atoms with Gasteiger partial charge in [0.1, 0.15) is 11.8 Å². The number of carbonyl (C=O) groups is 1. The van der Waals surface area contributed by atoms with Crippen molar-refractivity contribution in [1.29, 1.82) is 5.26 Å². The van der Waals surface area contributed by atoms with Crippen LogP contribution < -0.4 is 10.1 Å². The van der Waals surface area contributed by atoms with E-state index < -0.39 is 0 Å². The van der Waals surface area contributed by atoms with Gasteiger partial charge in [0, 0.05) is 32.1 Å². The number of rotatable bonds is 5. The summed E-state index contributed by atoms with van der Waals surface area (Å²) in [5, 5.41) is 12.0. The summed E-state index contributed by atoms with van der Waals surface area (Å²) in [7, 11) is 1.85. The minimum atomic E-state index is 0.0651. The third-order valence-corrected chi connectivity index (χ3v) is 3.80. The molecule has 0 spiro atoms. The van der Waals surface area contributed by atoms with Gasteiger partial charge in [0.25, 0.3) is 0 Å². The Hall–Kier alpha value is -2.06. The minimum absolute atomic E-state index is 0.0651. The van der Waals surface area contributed by atoms with Crippen LogP contribution in [0.4, 0.5) is 0 Å². The van der Waals surface area contributed by atoms with Crippen LogP contribution in [0.3, 0.4) is 0 Å². The molecule has 1 aromatic carbocycles. The number of ether oxygens (including phenoxy) is 1. The Morgan fingerprint density at radius 3 is 2.81 bits per heavy atom. The molecule has 1 heterocycles. The molecule has 1 saturated heterocycles. The van der Waals surface area contributed by atoms with Gasteiger partial charge in [0.05, 0.1) is 0 Å². The Kier molecular flexibility index (Phi) is 5.18. The second-order valence-corrected chi connectivity index (χ2v) is 5.41. The summed E-state index contributed by atoms with van der Waals surface area (Å²) in [6.07, 6.45) is 1.50. The molecule has 0 aromatic heterocycles. The first-order valence-electron chi connectivity index (χ1n) is 7.20. The van der Waals surface area contributed by atoms with E-state index >= 15 is 0 Å². The Labute approximate surface area is 125 Å². The molecule has 5 nitrogen and oxygen atoms in total. The van der Waals surface area contributed by atoms with Crippen LogP contribution in [0.25, 0.3) is 0 Å². The summed E-state index contributed by atoms with van der Waals surface area (Å²) < 4.78 is 5.24. The van der Waals surface area contributed by atoms with Crippen LogP contribution in [0.15, 0.2) is 24.3 Å². The number of likely N-dealkylation sites (N-methyl/N-ethyl adjacent to an activating group) is 1. The second-order valence-electron chi connectivity index (χ2n) is 5.41. The fraction of sp³-hybridized carbons (Fsp3) is 0.500. The van der Waals surface area contributed by atoms with E-state index in [9.17, 15) is 4.79 Å². The fourth-order valence-corrected chi connectivity index (χ4v) is 2.57.